The summed E-state index contributed by atoms with van der Waals surface area (Å²) in [6.07, 6.45) is 3.73. The minimum atomic E-state index is -0.143. The van der Waals surface area contributed by atoms with E-state index in [1.165, 1.54) is 0 Å². The van der Waals surface area contributed by atoms with Crippen molar-refractivity contribution in [1.29, 1.82) is 0 Å². The fraction of sp³-hybridized carbons (Fsp3) is 0.533. The molecule has 0 spiro atoms. The second kappa shape index (κ2) is 5.64. The summed E-state index contributed by atoms with van der Waals surface area (Å²) in [5.74, 6) is 2.58. The number of aromatic nitrogens is 4. The zero-order valence-corrected chi connectivity index (χ0v) is 14.2. The Kier molecular flexibility index (Phi) is 4.23. The first-order valence-corrected chi connectivity index (χ1v) is 7.30. The van der Waals surface area contributed by atoms with Crippen molar-refractivity contribution in [3.8, 4) is 0 Å². The molecule has 2 heterocycles. The van der Waals surface area contributed by atoms with Gasteiger partial charge in [-0.1, -0.05) is 32.4 Å². The molecule has 0 aromatic carbocycles. The van der Waals surface area contributed by atoms with Crippen LogP contribution in [0.4, 0.5) is 5.82 Å². The molecule has 21 heavy (non-hydrogen) atoms. The molecule has 0 amide bonds. The first kappa shape index (κ1) is 15.8. The highest BCUT2D eigenvalue weighted by Crippen LogP contribution is 2.28. The Hall–Kier alpha value is -1.62. The smallest absolute Gasteiger partial charge is 0.137 e. The van der Waals surface area contributed by atoms with E-state index in [-0.39, 0.29) is 5.41 Å². The Morgan fingerprint density at radius 2 is 1.95 bits per heavy atom. The summed E-state index contributed by atoms with van der Waals surface area (Å²) >= 11 is 6.28. The van der Waals surface area contributed by atoms with E-state index in [4.69, 9.17) is 16.6 Å². The third-order valence-electron chi connectivity index (χ3n) is 3.39. The van der Waals surface area contributed by atoms with Gasteiger partial charge in [-0.2, -0.15) is 0 Å². The first-order valence-electron chi connectivity index (χ1n) is 6.92. The summed E-state index contributed by atoms with van der Waals surface area (Å²) in [7, 11) is 3.98. The molecule has 0 aliphatic carbocycles. The molecule has 0 unspecified atom stereocenters. The van der Waals surface area contributed by atoms with Crippen LogP contribution in [0.5, 0.6) is 0 Å². The van der Waals surface area contributed by atoms with Crippen LogP contribution in [-0.4, -0.2) is 26.6 Å². The lowest BCUT2D eigenvalue weighted by molar-refractivity contribution is 0.543. The van der Waals surface area contributed by atoms with Crippen LogP contribution >= 0.6 is 11.6 Å². The maximum absolute atomic E-state index is 6.28. The van der Waals surface area contributed by atoms with Crippen LogP contribution < -0.4 is 4.90 Å². The Bertz CT molecular complexity index is 642. The van der Waals surface area contributed by atoms with Crippen LogP contribution in [0, 0.1) is 6.92 Å². The van der Waals surface area contributed by atoms with Gasteiger partial charge < -0.3 is 9.47 Å². The van der Waals surface area contributed by atoms with E-state index in [1.54, 1.807) is 6.20 Å². The summed E-state index contributed by atoms with van der Waals surface area (Å²) in [5, 5.41) is 0.511. The van der Waals surface area contributed by atoms with Gasteiger partial charge in [-0.3, -0.25) is 0 Å². The fourth-order valence-electron chi connectivity index (χ4n) is 2.02. The molecular weight excluding hydrogens is 286 g/mol. The number of aryl methyl sites for hydroxylation is 1. The Balaban J connectivity index is 2.38. The number of rotatable bonds is 3. The molecule has 0 saturated carbocycles. The molecule has 114 valence electrons. The summed E-state index contributed by atoms with van der Waals surface area (Å²) in [5.41, 5.74) is 0.747. The molecular formula is C15H22ClN5. The van der Waals surface area contributed by atoms with Crippen molar-refractivity contribution in [1.82, 2.24) is 19.5 Å². The van der Waals surface area contributed by atoms with Gasteiger partial charge in [0.05, 0.1) is 6.54 Å². The van der Waals surface area contributed by atoms with Crippen LogP contribution in [0.15, 0.2) is 12.4 Å². The van der Waals surface area contributed by atoms with Crippen molar-refractivity contribution >= 4 is 17.4 Å². The maximum atomic E-state index is 6.28. The second-order valence-corrected chi connectivity index (χ2v) is 6.71. The monoisotopic (exact) mass is 307 g/mol. The summed E-state index contributed by atoms with van der Waals surface area (Å²) < 4.78 is 2.00. The average molecular weight is 308 g/mol. The van der Waals surface area contributed by atoms with E-state index in [9.17, 15) is 0 Å². The fourth-order valence-corrected chi connectivity index (χ4v) is 2.19. The molecule has 0 bridgehead atoms. The molecule has 2 rings (SSSR count). The number of halogens is 1. The van der Waals surface area contributed by atoms with Gasteiger partial charge in [-0.05, 0) is 6.92 Å². The number of anilines is 1. The van der Waals surface area contributed by atoms with Gasteiger partial charge in [0.25, 0.3) is 0 Å². The van der Waals surface area contributed by atoms with Crippen LogP contribution in [0.3, 0.4) is 0 Å². The largest absolute Gasteiger partial charge is 0.352 e. The Morgan fingerprint density at radius 3 is 2.48 bits per heavy atom. The van der Waals surface area contributed by atoms with Crippen LogP contribution in [-0.2, 0) is 19.0 Å². The van der Waals surface area contributed by atoms with Gasteiger partial charge in [-0.25, -0.2) is 15.0 Å². The minimum Gasteiger partial charge on any atom is -0.352 e. The Morgan fingerprint density at radius 1 is 1.29 bits per heavy atom. The molecule has 2 aromatic heterocycles. The maximum Gasteiger partial charge on any atom is 0.137 e. The molecule has 0 saturated heterocycles. The number of hydrogen-bond donors (Lipinski definition) is 0. The van der Waals surface area contributed by atoms with Crippen LogP contribution in [0.1, 0.15) is 38.0 Å². The summed E-state index contributed by atoms with van der Waals surface area (Å²) in [6.45, 7) is 8.85. The van der Waals surface area contributed by atoms with E-state index in [0.717, 1.165) is 23.0 Å². The average Bonchev–Trinajstić information content (AvgIpc) is 2.76. The third-order valence-corrected chi connectivity index (χ3v) is 3.76. The standard InChI is InChI=1S/C15H22ClN5/c1-10-12(16)18-14(15(2,3)4)19-13(10)21(6)9-11-17-7-8-20(11)5/h7-8H,9H2,1-6H3. The molecule has 6 heteroatoms. The van der Waals surface area contributed by atoms with Gasteiger partial charge in [0.15, 0.2) is 0 Å². The first-order chi connectivity index (χ1) is 9.70. The summed E-state index contributed by atoms with van der Waals surface area (Å²) in [4.78, 5) is 15.5. The van der Waals surface area contributed by atoms with E-state index in [2.05, 4.69) is 35.6 Å². The normalized spacial score (nSPS) is 11.8. The van der Waals surface area contributed by atoms with E-state index in [0.29, 0.717) is 11.7 Å². The van der Waals surface area contributed by atoms with Crippen molar-refractivity contribution in [3.05, 3.63) is 34.8 Å². The lowest BCUT2D eigenvalue weighted by Crippen LogP contribution is -2.24. The molecule has 0 aliphatic rings. The van der Waals surface area contributed by atoms with Crippen molar-refractivity contribution in [2.75, 3.05) is 11.9 Å². The zero-order chi connectivity index (χ0) is 15.8. The highest BCUT2D eigenvalue weighted by molar-refractivity contribution is 6.30. The van der Waals surface area contributed by atoms with E-state index >= 15 is 0 Å². The Labute approximate surface area is 131 Å². The molecule has 0 atom stereocenters. The second-order valence-electron chi connectivity index (χ2n) is 6.35. The number of nitrogens with zero attached hydrogens (tertiary/aromatic N) is 5. The van der Waals surface area contributed by atoms with Crippen LogP contribution in [0.2, 0.25) is 5.15 Å². The van der Waals surface area contributed by atoms with Crippen molar-refractivity contribution in [2.24, 2.45) is 7.05 Å². The quantitative estimate of drug-likeness (QED) is 0.818. The zero-order valence-electron chi connectivity index (χ0n) is 13.5. The lowest BCUT2D eigenvalue weighted by atomic mass is 9.95. The third kappa shape index (κ3) is 3.35. The molecule has 0 N–H and O–H groups in total. The molecule has 0 radical (unpaired) electrons. The molecule has 5 nitrogen and oxygen atoms in total. The number of imidazole rings is 1. The lowest BCUT2D eigenvalue weighted by Gasteiger charge is -2.24. The molecule has 0 fully saturated rings. The van der Waals surface area contributed by atoms with E-state index in [1.807, 2.05) is 31.8 Å². The predicted molar refractivity (Wildman–Crippen MR) is 85.8 cm³/mol. The van der Waals surface area contributed by atoms with Gasteiger partial charge in [-0.15, -0.1) is 0 Å². The van der Waals surface area contributed by atoms with Gasteiger partial charge in [0, 0.05) is 37.5 Å². The van der Waals surface area contributed by atoms with E-state index < -0.39 is 0 Å². The molecule has 0 aliphatic heterocycles. The molecule has 2 aromatic rings. The highest BCUT2D eigenvalue weighted by Gasteiger charge is 2.22. The minimum absolute atomic E-state index is 0.143. The van der Waals surface area contributed by atoms with Crippen molar-refractivity contribution in [3.63, 3.8) is 0 Å². The topological polar surface area (TPSA) is 46.8 Å². The summed E-state index contributed by atoms with van der Waals surface area (Å²) in [6, 6.07) is 0. The number of hydrogen-bond acceptors (Lipinski definition) is 4. The SMILES string of the molecule is Cc1c(Cl)nc(C(C)(C)C)nc1N(C)Cc1nccn1C. The van der Waals surface area contributed by atoms with Gasteiger partial charge in [0.2, 0.25) is 0 Å². The van der Waals surface area contributed by atoms with Crippen molar-refractivity contribution < 1.29 is 0 Å². The van der Waals surface area contributed by atoms with Crippen LogP contribution in [0.25, 0.3) is 0 Å². The van der Waals surface area contributed by atoms with Gasteiger partial charge >= 0.3 is 0 Å². The van der Waals surface area contributed by atoms with Crippen molar-refractivity contribution in [2.45, 2.75) is 39.7 Å². The van der Waals surface area contributed by atoms with Gasteiger partial charge in [0.1, 0.15) is 22.6 Å². The highest BCUT2D eigenvalue weighted by atomic mass is 35.5. The predicted octanol–water partition coefficient (Wildman–Crippen LogP) is 3.11.